The minimum atomic E-state index is -3.96. The number of alkyl halides is 4. The van der Waals surface area contributed by atoms with Gasteiger partial charge in [0.05, 0.1) is 21.2 Å². The fourth-order valence-corrected chi connectivity index (χ4v) is 2.91. The zero-order chi connectivity index (χ0) is 20.5. The van der Waals surface area contributed by atoms with Crippen molar-refractivity contribution in [2.75, 3.05) is 0 Å². The third-order valence-electron chi connectivity index (χ3n) is 3.38. The molecule has 0 bridgehead atoms. The molecule has 4 N–H and O–H groups in total. The number of carbonyl (C=O) groups is 2. The Morgan fingerprint density at radius 1 is 1.04 bits per heavy atom. The summed E-state index contributed by atoms with van der Waals surface area (Å²) in [4.78, 5) is 21.2. The van der Waals surface area contributed by atoms with E-state index in [0.717, 1.165) is 0 Å². The Morgan fingerprint density at radius 2 is 1.59 bits per heavy atom. The number of amides is 2. The Bertz CT molecular complexity index is 900. The van der Waals surface area contributed by atoms with Crippen molar-refractivity contribution in [3.63, 3.8) is 0 Å². The number of halogens is 6. The maximum atomic E-state index is 13.6. The van der Waals surface area contributed by atoms with Crippen molar-refractivity contribution in [1.29, 1.82) is 0 Å². The van der Waals surface area contributed by atoms with Crippen LogP contribution in [-0.2, 0) is 0 Å². The van der Waals surface area contributed by atoms with Gasteiger partial charge in [-0.1, -0.05) is 58.5 Å². The van der Waals surface area contributed by atoms with Crippen molar-refractivity contribution in [2.45, 2.75) is 10.9 Å². The summed E-state index contributed by atoms with van der Waals surface area (Å²) in [5.74, 6) is -2.37. The molecular formula is C16H10Cl4F2N2O3. The summed E-state index contributed by atoms with van der Waals surface area (Å²) in [6.07, 6.45) is -3.96. The summed E-state index contributed by atoms with van der Waals surface area (Å²) in [7, 11) is 0. The third kappa shape index (κ3) is 4.55. The molecule has 11 heteroatoms. The Hall–Kier alpha value is -1.80. The Labute approximate surface area is 172 Å². The highest BCUT2D eigenvalue weighted by molar-refractivity contribution is 6.45. The highest BCUT2D eigenvalue weighted by Crippen LogP contribution is 2.42. The van der Waals surface area contributed by atoms with Crippen molar-refractivity contribution < 1.29 is 23.1 Å². The number of nitrogens with two attached hydrogens (primary N) is 2. The average molecular weight is 458 g/mol. The molecular weight excluding hydrogens is 448 g/mol. The SMILES string of the molecule is NC(=O)c1cccc(-c2cc(Cl)c(OC(F)(F)C(Cl)Cl)c(Cl)c2)c1C(N)=O. The molecule has 0 fully saturated rings. The summed E-state index contributed by atoms with van der Waals surface area (Å²) in [6.45, 7) is 0. The molecule has 0 saturated carbocycles. The van der Waals surface area contributed by atoms with Crippen molar-refractivity contribution in [1.82, 2.24) is 0 Å². The van der Waals surface area contributed by atoms with Crippen molar-refractivity contribution in [3.8, 4) is 16.9 Å². The zero-order valence-corrected chi connectivity index (χ0v) is 16.1. The first-order valence-electron chi connectivity index (χ1n) is 7.02. The van der Waals surface area contributed by atoms with E-state index < -0.39 is 28.5 Å². The standard InChI is InChI=1S/C16H10Cl4F2N2O3/c17-9-4-6(5-10(18)12(9)27-16(21,22)15(19)20)7-2-1-3-8(13(23)25)11(7)14(24)26/h1-5,15H,(H2,23,25)(H2,24,26). The molecule has 2 rings (SSSR count). The lowest BCUT2D eigenvalue weighted by molar-refractivity contribution is -0.163. The van der Waals surface area contributed by atoms with Gasteiger partial charge in [-0.25, -0.2) is 0 Å². The minimum Gasteiger partial charge on any atom is -0.427 e. The van der Waals surface area contributed by atoms with Gasteiger partial charge in [-0.2, -0.15) is 8.78 Å². The highest BCUT2D eigenvalue weighted by Gasteiger charge is 2.41. The van der Waals surface area contributed by atoms with Crippen LogP contribution in [0.1, 0.15) is 20.7 Å². The van der Waals surface area contributed by atoms with E-state index in [1.54, 1.807) is 0 Å². The molecule has 0 atom stereocenters. The second-order valence-electron chi connectivity index (χ2n) is 5.19. The van der Waals surface area contributed by atoms with Crippen LogP contribution in [0, 0.1) is 0 Å². The van der Waals surface area contributed by atoms with E-state index in [4.69, 9.17) is 57.9 Å². The Kier molecular flexibility index (Phi) is 6.42. The lowest BCUT2D eigenvalue weighted by Crippen LogP contribution is -2.32. The third-order valence-corrected chi connectivity index (χ3v) is 4.45. The molecule has 0 aliphatic carbocycles. The van der Waals surface area contributed by atoms with Crippen LogP contribution in [0.25, 0.3) is 11.1 Å². The van der Waals surface area contributed by atoms with Gasteiger partial charge in [0, 0.05) is 0 Å². The summed E-state index contributed by atoms with van der Waals surface area (Å²) < 4.78 is 31.7. The monoisotopic (exact) mass is 456 g/mol. The summed E-state index contributed by atoms with van der Waals surface area (Å²) in [6, 6.07) is 6.62. The van der Waals surface area contributed by atoms with E-state index in [1.807, 2.05) is 0 Å². The quantitative estimate of drug-likeness (QED) is 0.618. The molecule has 0 aliphatic rings. The van der Waals surface area contributed by atoms with Gasteiger partial charge in [0.1, 0.15) is 0 Å². The molecule has 0 saturated heterocycles. The van der Waals surface area contributed by atoms with Gasteiger partial charge >= 0.3 is 6.11 Å². The maximum Gasteiger partial charge on any atom is 0.428 e. The zero-order valence-electron chi connectivity index (χ0n) is 13.1. The molecule has 0 spiro atoms. The summed E-state index contributed by atoms with van der Waals surface area (Å²) >= 11 is 22.3. The minimum absolute atomic E-state index is 0.119. The molecule has 2 aromatic carbocycles. The van der Waals surface area contributed by atoms with Crippen LogP contribution in [0.5, 0.6) is 5.75 Å². The molecule has 2 amide bonds. The van der Waals surface area contributed by atoms with E-state index in [-0.39, 0.29) is 32.3 Å². The van der Waals surface area contributed by atoms with Gasteiger partial charge in [-0.15, -0.1) is 0 Å². The van der Waals surface area contributed by atoms with Crippen LogP contribution < -0.4 is 16.2 Å². The molecule has 0 aromatic heterocycles. The average Bonchev–Trinajstić information content (AvgIpc) is 2.56. The fraction of sp³-hybridized carbons (Fsp3) is 0.125. The smallest absolute Gasteiger partial charge is 0.427 e. The Balaban J connectivity index is 2.62. The lowest BCUT2D eigenvalue weighted by atomic mass is 9.94. The molecule has 0 heterocycles. The van der Waals surface area contributed by atoms with Crippen molar-refractivity contribution in [2.24, 2.45) is 11.5 Å². The van der Waals surface area contributed by atoms with Crippen LogP contribution >= 0.6 is 46.4 Å². The van der Waals surface area contributed by atoms with E-state index >= 15 is 0 Å². The second-order valence-corrected chi connectivity index (χ2v) is 7.10. The van der Waals surface area contributed by atoms with E-state index in [0.29, 0.717) is 0 Å². The first-order valence-corrected chi connectivity index (χ1v) is 8.65. The first-order chi connectivity index (χ1) is 12.5. The van der Waals surface area contributed by atoms with Gasteiger partial charge in [-0.3, -0.25) is 9.59 Å². The van der Waals surface area contributed by atoms with Crippen molar-refractivity contribution in [3.05, 3.63) is 51.5 Å². The lowest BCUT2D eigenvalue weighted by Gasteiger charge is -2.21. The van der Waals surface area contributed by atoms with Crippen LogP contribution in [0.15, 0.2) is 30.3 Å². The van der Waals surface area contributed by atoms with Gasteiger partial charge in [0.25, 0.3) is 0 Å². The van der Waals surface area contributed by atoms with Crippen LogP contribution in [0.2, 0.25) is 10.0 Å². The van der Waals surface area contributed by atoms with Gasteiger partial charge < -0.3 is 16.2 Å². The first kappa shape index (κ1) is 21.5. The number of hydrogen-bond acceptors (Lipinski definition) is 3. The fourth-order valence-electron chi connectivity index (χ4n) is 2.26. The van der Waals surface area contributed by atoms with Gasteiger partial charge in [0.15, 0.2) is 5.75 Å². The number of primary amides is 2. The summed E-state index contributed by atoms with van der Waals surface area (Å²) in [5.41, 5.74) is 10.7. The molecule has 0 radical (unpaired) electrons. The van der Waals surface area contributed by atoms with E-state index in [2.05, 4.69) is 4.74 Å². The molecule has 144 valence electrons. The maximum absolute atomic E-state index is 13.6. The number of hydrogen-bond donors (Lipinski definition) is 2. The molecule has 0 unspecified atom stereocenters. The topological polar surface area (TPSA) is 95.4 Å². The Morgan fingerprint density at radius 3 is 2.04 bits per heavy atom. The van der Waals surface area contributed by atoms with Crippen LogP contribution in [0.4, 0.5) is 8.78 Å². The summed E-state index contributed by atoms with van der Waals surface area (Å²) in [5, 5.41) is -0.628. The molecule has 5 nitrogen and oxygen atoms in total. The molecule has 27 heavy (non-hydrogen) atoms. The normalized spacial score (nSPS) is 11.5. The molecule has 0 aliphatic heterocycles. The van der Waals surface area contributed by atoms with E-state index in [9.17, 15) is 18.4 Å². The number of rotatable bonds is 6. The number of carbonyl (C=O) groups excluding carboxylic acids is 2. The number of ether oxygens (including phenoxy) is 1. The predicted molar refractivity (Wildman–Crippen MR) is 100 cm³/mol. The highest BCUT2D eigenvalue weighted by atomic mass is 35.5. The van der Waals surface area contributed by atoms with Gasteiger partial charge in [-0.05, 0) is 29.3 Å². The predicted octanol–water partition coefficient (Wildman–Crippen LogP) is 4.63. The van der Waals surface area contributed by atoms with Crippen molar-refractivity contribution >= 4 is 58.2 Å². The second kappa shape index (κ2) is 8.06. The van der Waals surface area contributed by atoms with Crippen LogP contribution in [-0.4, -0.2) is 22.8 Å². The van der Waals surface area contributed by atoms with Gasteiger partial charge in [0.2, 0.25) is 16.7 Å². The van der Waals surface area contributed by atoms with Crippen LogP contribution in [0.3, 0.4) is 0 Å². The van der Waals surface area contributed by atoms with E-state index in [1.165, 1.54) is 30.3 Å². The molecule has 2 aromatic rings. The largest absolute Gasteiger partial charge is 0.428 e. The number of benzene rings is 2.